The maximum Gasteiger partial charge on any atom is 0.260 e. The van der Waals surface area contributed by atoms with E-state index in [9.17, 15) is 9.59 Å². The Balaban J connectivity index is 2.04. The van der Waals surface area contributed by atoms with Crippen molar-refractivity contribution in [2.45, 2.75) is 0 Å². The van der Waals surface area contributed by atoms with Crippen LogP contribution in [0.15, 0.2) is 48.7 Å². The summed E-state index contributed by atoms with van der Waals surface area (Å²) >= 11 is 1.24. The Bertz CT molecular complexity index is 1120. The van der Waals surface area contributed by atoms with Gasteiger partial charge in [0.1, 0.15) is 12.3 Å². The van der Waals surface area contributed by atoms with Gasteiger partial charge in [-0.05, 0) is 35.9 Å². The van der Waals surface area contributed by atoms with Crippen LogP contribution in [-0.4, -0.2) is 36.7 Å². The fraction of sp³-hybridized carbons (Fsp3) is 0.100. The highest BCUT2D eigenvalue weighted by molar-refractivity contribution is 7.22. The first-order chi connectivity index (χ1) is 14.0. The van der Waals surface area contributed by atoms with E-state index in [1.54, 1.807) is 36.4 Å². The second-order valence-electron chi connectivity index (χ2n) is 6.03. The van der Waals surface area contributed by atoms with Crippen LogP contribution in [0.25, 0.3) is 15.8 Å². The number of nitrogens with two attached hydrogens (primary N) is 2. The number of allylic oxidation sites excluding steroid dienone is 1. The van der Waals surface area contributed by atoms with E-state index in [0.29, 0.717) is 27.5 Å². The molecule has 0 unspecified atom stereocenters. The molecule has 1 heterocycles. The van der Waals surface area contributed by atoms with E-state index in [0.717, 1.165) is 16.5 Å². The predicted molar refractivity (Wildman–Crippen MR) is 114 cm³/mol. The Morgan fingerprint density at radius 2 is 2.03 bits per heavy atom. The summed E-state index contributed by atoms with van der Waals surface area (Å²) in [5, 5.41) is 7.78. The Kier molecular flexibility index (Phi) is 5.89. The van der Waals surface area contributed by atoms with Gasteiger partial charge in [-0.25, -0.2) is 4.98 Å². The number of thiazole rings is 1. The van der Waals surface area contributed by atoms with E-state index in [-0.39, 0.29) is 6.54 Å². The topological polar surface area (TPSA) is 135 Å². The summed E-state index contributed by atoms with van der Waals surface area (Å²) in [7, 11) is 1.51. The first-order valence-corrected chi connectivity index (χ1v) is 9.36. The van der Waals surface area contributed by atoms with Crippen molar-refractivity contribution in [2.75, 3.05) is 18.6 Å². The van der Waals surface area contributed by atoms with Crippen molar-refractivity contribution in [1.29, 1.82) is 5.41 Å². The molecular weight excluding hydrogens is 390 g/mol. The molecule has 3 rings (SSSR count). The average Bonchev–Trinajstić information content (AvgIpc) is 3.15. The number of aromatic nitrogens is 1. The van der Waals surface area contributed by atoms with Gasteiger partial charge in [0.15, 0.2) is 5.13 Å². The predicted octanol–water partition coefficient (Wildman–Crippen LogP) is 2.39. The quantitative estimate of drug-likeness (QED) is 0.515. The Labute approximate surface area is 170 Å². The number of primary amides is 1. The van der Waals surface area contributed by atoms with Gasteiger partial charge in [-0.3, -0.25) is 14.5 Å². The van der Waals surface area contributed by atoms with Gasteiger partial charge >= 0.3 is 0 Å². The third-order valence-corrected chi connectivity index (χ3v) is 5.19. The minimum Gasteiger partial charge on any atom is -0.497 e. The molecule has 1 aromatic heterocycles. The summed E-state index contributed by atoms with van der Waals surface area (Å²) < 4.78 is 5.95. The summed E-state index contributed by atoms with van der Waals surface area (Å²) in [6.45, 7) is -0.308. The number of nitrogens with one attached hydrogen (secondary N) is 1. The molecule has 2 amide bonds. The summed E-state index contributed by atoms with van der Waals surface area (Å²) in [6.07, 6.45) is 2.51. The van der Waals surface area contributed by atoms with Crippen LogP contribution in [0, 0.1) is 5.41 Å². The summed E-state index contributed by atoms with van der Waals surface area (Å²) in [4.78, 5) is 30.4. The van der Waals surface area contributed by atoms with Crippen molar-refractivity contribution >= 4 is 50.3 Å². The molecule has 0 bridgehead atoms. The average molecular weight is 409 g/mol. The number of anilines is 1. The third kappa shape index (κ3) is 4.25. The van der Waals surface area contributed by atoms with Crippen molar-refractivity contribution in [2.24, 2.45) is 11.5 Å². The number of nitrogens with zero attached hydrogens (tertiary/aromatic N) is 2. The van der Waals surface area contributed by atoms with Crippen LogP contribution in [0.3, 0.4) is 0 Å². The van der Waals surface area contributed by atoms with Crippen molar-refractivity contribution in [1.82, 2.24) is 4.98 Å². The zero-order valence-corrected chi connectivity index (χ0v) is 16.4. The molecule has 0 aliphatic carbocycles. The smallest absolute Gasteiger partial charge is 0.260 e. The summed E-state index contributed by atoms with van der Waals surface area (Å²) in [5.74, 6) is -0.543. The van der Waals surface area contributed by atoms with E-state index in [1.165, 1.54) is 29.5 Å². The molecule has 0 spiro atoms. The van der Waals surface area contributed by atoms with Gasteiger partial charge in [0.25, 0.3) is 5.91 Å². The molecular formula is C20H19N5O3S. The number of amides is 2. The van der Waals surface area contributed by atoms with Gasteiger partial charge in [0, 0.05) is 23.6 Å². The SMILES string of the molecule is COc1cccc(C(=O)N(CC(N)=O)c2nc3ccc(/C(C=N)=C/N)cc3s2)c1. The van der Waals surface area contributed by atoms with Crippen molar-refractivity contribution < 1.29 is 14.3 Å². The standard InChI is InChI=1S/C20H19N5O3S/c1-28-15-4-2-3-13(7-15)19(27)25(11-18(23)26)20-24-16-6-5-12(8-17(16)29-20)14(9-21)10-22/h2-10,21H,11,22H2,1H3,(H2,23,26)/b14-10+,21-9?. The van der Waals surface area contributed by atoms with Crippen molar-refractivity contribution in [3.63, 3.8) is 0 Å². The molecule has 0 fully saturated rings. The van der Waals surface area contributed by atoms with Crippen LogP contribution >= 0.6 is 11.3 Å². The molecule has 9 heteroatoms. The highest BCUT2D eigenvalue weighted by atomic mass is 32.1. The number of methoxy groups -OCH3 is 1. The first kappa shape index (κ1) is 20.0. The number of carbonyl (C=O) groups is 2. The molecule has 3 aromatic rings. The second-order valence-corrected chi connectivity index (χ2v) is 7.04. The monoisotopic (exact) mass is 409 g/mol. The maximum absolute atomic E-state index is 13.1. The largest absolute Gasteiger partial charge is 0.497 e. The maximum atomic E-state index is 13.1. The van der Waals surface area contributed by atoms with Crippen molar-refractivity contribution in [3.8, 4) is 5.75 Å². The molecule has 0 aliphatic heterocycles. The number of rotatable bonds is 7. The van der Waals surface area contributed by atoms with Gasteiger partial charge in [-0.1, -0.05) is 23.5 Å². The molecule has 8 nitrogen and oxygen atoms in total. The lowest BCUT2D eigenvalue weighted by atomic mass is 10.1. The normalized spacial score (nSPS) is 11.3. The van der Waals surface area contributed by atoms with Gasteiger partial charge < -0.3 is 21.6 Å². The zero-order valence-electron chi connectivity index (χ0n) is 15.6. The van der Waals surface area contributed by atoms with Gasteiger partial charge in [-0.2, -0.15) is 0 Å². The summed E-state index contributed by atoms with van der Waals surface area (Å²) in [5.41, 5.74) is 13.2. The summed E-state index contributed by atoms with van der Waals surface area (Å²) in [6, 6.07) is 12.0. The van der Waals surface area contributed by atoms with Gasteiger partial charge in [-0.15, -0.1) is 0 Å². The molecule has 0 atom stereocenters. The van der Waals surface area contributed by atoms with Crippen molar-refractivity contribution in [3.05, 3.63) is 59.8 Å². The van der Waals surface area contributed by atoms with Crippen LogP contribution in [0.1, 0.15) is 15.9 Å². The lowest BCUT2D eigenvalue weighted by molar-refractivity contribution is -0.116. The minimum atomic E-state index is -0.654. The molecule has 148 valence electrons. The van der Waals surface area contributed by atoms with Crippen LogP contribution < -0.4 is 21.1 Å². The lowest BCUT2D eigenvalue weighted by Crippen LogP contribution is -2.38. The zero-order chi connectivity index (χ0) is 21.0. The second kappa shape index (κ2) is 8.53. The van der Waals surface area contributed by atoms with Crippen LogP contribution in [-0.2, 0) is 4.79 Å². The minimum absolute atomic E-state index is 0.308. The molecule has 0 saturated carbocycles. The lowest BCUT2D eigenvalue weighted by Gasteiger charge is -2.18. The first-order valence-electron chi connectivity index (χ1n) is 8.54. The highest BCUT2D eigenvalue weighted by Gasteiger charge is 2.23. The molecule has 0 saturated heterocycles. The van der Waals surface area contributed by atoms with E-state index in [1.807, 2.05) is 6.07 Å². The van der Waals surface area contributed by atoms with E-state index in [2.05, 4.69) is 4.98 Å². The molecule has 0 radical (unpaired) electrons. The number of benzene rings is 2. The number of carbonyl (C=O) groups excluding carboxylic acids is 2. The molecule has 29 heavy (non-hydrogen) atoms. The van der Waals surface area contributed by atoms with Gasteiger partial charge in [0.2, 0.25) is 5.91 Å². The Morgan fingerprint density at radius 3 is 2.69 bits per heavy atom. The fourth-order valence-corrected chi connectivity index (χ4v) is 3.73. The van der Waals surface area contributed by atoms with E-state index in [4.69, 9.17) is 21.6 Å². The molecule has 2 aromatic carbocycles. The number of hydrogen-bond donors (Lipinski definition) is 3. The highest BCUT2D eigenvalue weighted by Crippen LogP contribution is 2.31. The number of hydrogen-bond acceptors (Lipinski definition) is 7. The van der Waals surface area contributed by atoms with Crippen LogP contribution in [0.2, 0.25) is 0 Å². The molecule has 0 aliphatic rings. The fourth-order valence-electron chi connectivity index (χ4n) is 2.73. The Morgan fingerprint density at radius 1 is 1.24 bits per heavy atom. The number of ether oxygens (including phenoxy) is 1. The van der Waals surface area contributed by atoms with E-state index < -0.39 is 11.8 Å². The van der Waals surface area contributed by atoms with E-state index >= 15 is 0 Å². The molecule has 5 N–H and O–H groups in total. The number of fused-ring (bicyclic) bond motifs is 1. The van der Waals surface area contributed by atoms with Crippen LogP contribution in [0.4, 0.5) is 5.13 Å². The van der Waals surface area contributed by atoms with Gasteiger partial charge in [0.05, 0.1) is 17.3 Å². The Hall–Kier alpha value is -3.72. The van der Waals surface area contributed by atoms with Crippen LogP contribution in [0.5, 0.6) is 5.75 Å². The third-order valence-electron chi connectivity index (χ3n) is 4.15.